The molecule has 0 unspecified atom stereocenters. The van der Waals surface area contributed by atoms with E-state index in [-0.39, 0.29) is 11.9 Å². The van der Waals surface area contributed by atoms with E-state index in [0.717, 1.165) is 32.9 Å². The molecule has 0 aliphatic rings. The Balaban J connectivity index is 0.000000355. The van der Waals surface area contributed by atoms with E-state index in [9.17, 15) is 0 Å². The monoisotopic (exact) mass is 642 g/mol. The van der Waals surface area contributed by atoms with E-state index in [1.165, 1.54) is 11.1 Å². The molecule has 4 aromatic rings. The first-order chi connectivity index (χ1) is 20.9. The van der Waals surface area contributed by atoms with Crippen molar-refractivity contribution >= 4 is 46.8 Å². The molecule has 2 heterocycles. The van der Waals surface area contributed by atoms with Gasteiger partial charge in [0, 0.05) is 23.6 Å². The number of pyridine rings is 2. The molecule has 16 nitrogen and oxygen atoms in total. The molecule has 2 aromatic carbocycles. The van der Waals surface area contributed by atoms with Crippen LogP contribution in [0.3, 0.4) is 0 Å². The van der Waals surface area contributed by atoms with Crippen LogP contribution in [0.5, 0.6) is 0 Å². The smallest absolute Gasteiger partial charge is 0.238 e. The summed E-state index contributed by atoms with van der Waals surface area (Å²) >= 11 is 3.47. The number of nitrogens with one attached hydrogen (secondary N) is 2. The SMILES string of the molecule is NC(N)=Nc1ccc(SCc2ccccc2)[nH+]c1.NC(N)=Nc1ccc(SCc2ccccc2)[nH+]c1.O=[N+]([O-])[O-].O=[N+]([O-])[O-]. The Labute approximate surface area is 260 Å². The van der Waals surface area contributed by atoms with E-state index in [2.05, 4.69) is 44.2 Å². The van der Waals surface area contributed by atoms with Crippen LogP contribution < -0.4 is 32.9 Å². The number of rotatable bonds is 8. The summed E-state index contributed by atoms with van der Waals surface area (Å²) in [4.78, 5) is 30.7. The van der Waals surface area contributed by atoms with Gasteiger partial charge >= 0.3 is 0 Å². The molecule has 0 amide bonds. The van der Waals surface area contributed by atoms with Crippen molar-refractivity contribution < 1.29 is 20.1 Å². The van der Waals surface area contributed by atoms with E-state index < -0.39 is 10.2 Å². The lowest BCUT2D eigenvalue weighted by Gasteiger charge is -1.97. The molecule has 0 bridgehead atoms. The van der Waals surface area contributed by atoms with Gasteiger partial charge in [-0.3, -0.25) is 0 Å². The molecule has 10 N–H and O–H groups in total. The maximum Gasteiger partial charge on any atom is 0.238 e. The highest BCUT2D eigenvalue weighted by atomic mass is 32.2. The first-order valence-electron chi connectivity index (χ1n) is 12.1. The maximum atomic E-state index is 8.25. The average molecular weight is 643 g/mol. The first-order valence-corrected chi connectivity index (χ1v) is 14.1. The highest BCUT2D eigenvalue weighted by molar-refractivity contribution is 7.98. The van der Waals surface area contributed by atoms with Crippen LogP contribution in [0.1, 0.15) is 11.1 Å². The van der Waals surface area contributed by atoms with Crippen molar-refractivity contribution in [2.75, 3.05) is 0 Å². The summed E-state index contributed by atoms with van der Waals surface area (Å²) in [5.41, 5.74) is 25.3. The minimum atomic E-state index is -1.75. The number of H-pyrrole nitrogens is 2. The minimum absolute atomic E-state index is 0.0630. The molecule has 0 radical (unpaired) electrons. The number of aromatic amines is 2. The fourth-order valence-corrected chi connectivity index (χ4v) is 4.53. The molecule has 0 aliphatic carbocycles. The highest BCUT2D eigenvalue weighted by Gasteiger charge is 2.04. The van der Waals surface area contributed by atoms with E-state index in [0.29, 0.717) is 0 Å². The maximum absolute atomic E-state index is 8.25. The number of guanidine groups is 2. The van der Waals surface area contributed by atoms with Crippen LogP contribution in [0.15, 0.2) is 117 Å². The molecule has 18 heteroatoms. The van der Waals surface area contributed by atoms with Gasteiger partial charge in [0.05, 0.1) is 10.2 Å². The number of benzene rings is 2. The van der Waals surface area contributed by atoms with Crippen LogP contribution >= 0.6 is 23.5 Å². The van der Waals surface area contributed by atoms with Crippen LogP contribution in [0.2, 0.25) is 0 Å². The van der Waals surface area contributed by atoms with Crippen LogP contribution in [0.25, 0.3) is 0 Å². The Bertz CT molecular complexity index is 1340. The second-order valence-corrected chi connectivity index (χ2v) is 9.93. The van der Waals surface area contributed by atoms with Crippen LogP contribution in [0, 0.1) is 30.6 Å². The Morgan fingerprint density at radius 3 is 1.16 bits per heavy atom. The zero-order valence-electron chi connectivity index (χ0n) is 23.0. The van der Waals surface area contributed by atoms with Crippen molar-refractivity contribution in [3.63, 3.8) is 0 Å². The van der Waals surface area contributed by atoms with E-state index in [1.54, 1.807) is 35.9 Å². The zero-order chi connectivity index (χ0) is 32.7. The Kier molecular flexibility index (Phi) is 17.5. The predicted molar refractivity (Wildman–Crippen MR) is 170 cm³/mol. The molecule has 4 rings (SSSR count). The number of aliphatic imine (C=N–C) groups is 2. The van der Waals surface area contributed by atoms with Gasteiger partial charge in [-0.05, 0) is 23.3 Å². The molecule has 0 saturated carbocycles. The molecule has 232 valence electrons. The van der Waals surface area contributed by atoms with Crippen LogP contribution in [0.4, 0.5) is 11.4 Å². The summed E-state index contributed by atoms with van der Waals surface area (Å²) < 4.78 is 0. The van der Waals surface area contributed by atoms with Crippen molar-refractivity contribution in [3.05, 3.63) is 139 Å². The largest absolute Gasteiger partial charge is 0.370 e. The first kappa shape index (κ1) is 36.4. The fourth-order valence-electron chi connectivity index (χ4n) is 2.89. The zero-order valence-corrected chi connectivity index (χ0v) is 24.6. The van der Waals surface area contributed by atoms with E-state index in [1.807, 2.05) is 60.7 Å². The number of thioether (sulfide) groups is 2. The third kappa shape index (κ3) is 19.5. The summed E-state index contributed by atoms with van der Waals surface area (Å²) in [5, 5.41) is 31.7. The van der Waals surface area contributed by atoms with E-state index in [4.69, 9.17) is 53.6 Å². The summed E-state index contributed by atoms with van der Waals surface area (Å²) in [6.45, 7) is 0. The molecule has 0 saturated heterocycles. The van der Waals surface area contributed by atoms with Crippen LogP contribution in [-0.4, -0.2) is 22.1 Å². The van der Waals surface area contributed by atoms with Gasteiger partial charge in [-0.2, -0.15) is 0 Å². The quantitative estimate of drug-likeness (QED) is 0.0709. The molecular formula is C26H30N10O6S2. The number of hydrogen-bond acceptors (Lipinski definition) is 10. The van der Waals surface area contributed by atoms with Crippen LogP contribution in [-0.2, 0) is 11.5 Å². The fraction of sp³-hybridized carbons (Fsp3) is 0.0769. The van der Waals surface area contributed by atoms with Gasteiger partial charge < -0.3 is 53.6 Å². The Morgan fingerprint density at radius 2 is 0.909 bits per heavy atom. The van der Waals surface area contributed by atoms with Gasteiger partial charge in [0.15, 0.2) is 24.3 Å². The van der Waals surface area contributed by atoms with E-state index >= 15 is 0 Å². The average Bonchev–Trinajstić information content (AvgIpc) is 2.97. The summed E-state index contributed by atoms with van der Waals surface area (Å²) in [6.07, 6.45) is 3.57. The summed E-state index contributed by atoms with van der Waals surface area (Å²) in [6, 6.07) is 28.3. The molecule has 0 atom stereocenters. The molecule has 0 aliphatic heterocycles. The number of hydrogen-bond donors (Lipinski definition) is 4. The van der Waals surface area contributed by atoms with Gasteiger partial charge in [0.1, 0.15) is 11.4 Å². The number of nitrogens with zero attached hydrogens (tertiary/aromatic N) is 4. The minimum Gasteiger partial charge on any atom is -0.370 e. The lowest BCUT2D eigenvalue weighted by Crippen LogP contribution is -2.22. The molecule has 0 spiro atoms. The standard InChI is InChI=1S/2C13H14N4S.2NO3/c2*14-13(15)17-11-6-7-12(16-8-11)18-9-10-4-2-1-3-5-10;2*2-1(3)4/h2*1-8H,9H2,(H4,14,15,17);;/q;;2*-1/p+2. The second kappa shape index (κ2) is 21.1. The van der Waals surface area contributed by atoms with Crippen molar-refractivity contribution in [3.8, 4) is 0 Å². The van der Waals surface area contributed by atoms with Crippen molar-refractivity contribution in [2.24, 2.45) is 32.9 Å². The molecule has 2 aromatic heterocycles. The molecule has 0 fully saturated rings. The predicted octanol–water partition coefficient (Wildman–Crippen LogP) is 2.92. The van der Waals surface area contributed by atoms with Gasteiger partial charge in [-0.1, -0.05) is 84.2 Å². The third-order valence-electron chi connectivity index (χ3n) is 4.53. The highest BCUT2D eigenvalue weighted by Crippen LogP contribution is 2.21. The Hall–Kier alpha value is -5.62. The molecular weight excluding hydrogens is 612 g/mol. The topological polar surface area (TPSA) is 289 Å². The second-order valence-electron chi connectivity index (χ2n) is 7.89. The number of aromatic nitrogens is 2. The summed E-state index contributed by atoms with van der Waals surface area (Å²) in [5.74, 6) is 1.99. The van der Waals surface area contributed by atoms with Gasteiger partial charge in [-0.15, -0.1) is 0 Å². The summed E-state index contributed by atoms with van der Waals surface area (Å²) in [7, 11) is 0. The van der Waals surface area contributed by atoms with Crippen molar-refractivity contribution in [1.82, 2.24) is 0 Å². The number of nitrogens with two attached hydrogens (primary N) is 4. The normalized spacial score (nSPS) is 9.27. The van der Waals surface area contributed by atoms with Gasteiger partial charge in [-0.25, -0.2) is 20.0 Å². The third-order valence-corrected chi connectivity index (χ3v) is 6.61. The Morgan fingerprint density at radius 1 is 0.591 bits per heavy atom. The lowest BCUT2D eigenvalue weighted by molar-refractivity contribution is -0.426. The lowest BCUT2D eigenvalue weighted by atomic mass is 10.2. The van der Waals surface area contributed by atoms with Gasteiger partial charge in [0.2, 0.25) is 10.1 Å². The van der Waals surface area contributed by atoms with Crippen molar-refractivity contribution in [1.29, 1.82) is 0 Å². The van der Waals surface area contributed by atoms with Crippen molar-refractivity contribution in [2.45, 2.75) is 21.6 Å². The van der Waals surface area contributed by atoms with Gasteiger partial charge in [0.25, 0.3) is 0 Å². The molecule has 44 heavy (non-hydrogen) atoms.